The topological polar surface area (TPSA) is 15.3 Å². The zero-order valence-electron chi connectivity index (χ0n) is 11.9. The lowest BCUT2D eigenvalue weighted by atomic mass is 10.0. The molecular formula is C15H19F3N2S. The van der Waals surface area contributed by atoms with Crippen molar-refractivity contribution in [3.8, 4) is 0 Å². The number of hydrogen-bond donors (Lipinski definition) is 1. The molecule has 0 spiro atoms. The van der Waals surface area contributed by atoms with Gasteiger partial charge < -0.3 is 10.2 Å². The molecule has 0 amide bonds. The molecule has 1 N–H and O–H groups in total. The molecule has 1 heterocycles. The van der Waals surface area contributed by atoms with E-state index >= 15 is 0 Å². The molecule has 2 nitrogen and oxygen atoms in total. The summed E-state index contributed by atoms with van der Waals surface area (Å²) in [5.74, 6) is 0. The summed E-state index contributed by atoms with van der Waals surface area (Å²) in [5, 5.41) is 3.46. The molecule has 1 unspecified atom stereocenters. The van der Waals surface area contributed by atoms with Crippen LogP contribution in [-0.4, -0.2) is 22.6 Å². The standard InChI is InChI=1S/C15H19F3N2S/c1-2-13-8-3-4-9-20(13)14(21)19-12-7-5-6-11(10-12)15(16,17)18/h5-7,10,13H,2-4,8-9H2,1H3,(H,19,21). The van der Waals surface area contributed by atoms with Crippen LogP contribution in [-0.2, 0) is 6.18 Å². The Hall–Kier alpha value is -1.30. The summed E-state index contributed by atoms with van der Waals surface area (Å²) in [5.41, 5.74) is -0.281. The van der Waals surface area contributed by atoms with Crippen molar-refractivity contribution in [1.29, 1.82) is 0 Å². The van der Waals surface area contributed by atoms with E-state index in [0.717, 1.165) is 37.9 Å². The van der Waals surface area contributed by atoms with E-state index in [2.05, 4.69) is 17.1 Å². The molecule has 0 saturated carbocycles. The molecule has 1 saturated heterocycles. The average Bonchev–Trinajstić information content (AvgIpc) is 2.46. The van der Waals surface area contributed by atoms with Crippen molar-refractivity contribution in [1.82, 2.24) is 4.90 Å². The van der Waals surface area contributed by atoms with Crippen LogP contribution in [0.15, 0.2) is 24.3 Å². The van der Waals surface area contributed by atoms with Crippen molar-refractivity contribution < 1.29 is 13.2 Å². The van der Waals surface area contributed by atoms with E-state index < -0.39 is 11.7 Å². The van der Waals surface area contributed by atoms with Gasteiger partial charge in [-0.3, -0.25) is 0 Å². The number of piperidine rings is 1. The molecule has 1 fully saturated rings. The number of anilines is 1. The number of benzene rings is 1. The van der Waals surface area contributed by atoms with Crippen molar-refractivity contribution in [2.75, 3.05) is 11.9 Å². The number of rotatable bonds is 2. The number of thiocarbonyl (C=S) groups is 1. The number of nitrogens with zero attached hydrogens (tertiary/aromatic N) is 1. The van der Waals surface area contributed by atoms with Gasteiger partial charge in [0.05, 0.1) is 5.56 Å². The highest BCUT2D eigenvalue weighted by atomic mass is 32.1. The van der Waals surface area contributed by atoms with Crippen molar-refractivity contribution in [2.24, 2.45) is 0 Å². The molecule has 2 rings (SSSR count). The number of nitrogens with one attached hydrogen (secondary N) is 1. The van der Waals surface area contributed by atoms with E-state index in [1.165, 1.54) is 12.5 Å². The lowest BCUT2D eigenvalue weighted by molar-refractivity contribution is -0.137. The second-order valence-electron chi connectivity index (χ2n) is 5.26. The van der Waals surface area contributed by atoms with E-state index in [9.17, 15) is 13.2 Å². The molecule has 1 atom stereocenters. The molecule has 0 aromatic heterocycles. The molecule has 0 aliphatic carbocycles. The molecule has 0 bridgehead atoms. The summed E-state index contributed by atoms with van der Waals surface area (Å²) >= 11 is 5.37. The predicted octanol–water partition coefficient (Wildman–Crippen LogP) is 4.67. The van der Waals surface area contributed by atoms with E-state index in [1.54, 1.807) is 6.07 Å². The van der Waals surface area contributed by atoms with Crippen LogP contribution in [0.5, 0.6) is 0 Å². The Morgan fingerprint density at radius 3 is 2.81 bits per heavy atom. The molecule has 1 aliphatic rings. The fraction of sp³-hybridized carbons (Fsp3) is 0.533. The van der Waals surface area contributed by atoms with Crippen molar-refractivity contribution in [3.05, 3.63) is 29.8 Å². The third kappa shape index (κ3) is 4.09. The Balaban J connectivity index is 2.08. The average molecular weight is 316 g/mol. The van der Waals surface area contributed by atoms with E-state index in [0.29, 0.717) is 16.8 Å². The highest BCUT2D eigenvalue weighted by molar-refractivity contribution is 7.80. The van der Waals surface area contributed by atoms with E-state index in [1.807, 2.05) is 0 Å². The molecule has 0 radical (unpaired) electrons. The summed E-state index contributed by atoms with van der Waals surface area (Å²) in [4.78, 5) is 2.10. The Kier molecular flexibility index (Phi) is 5.08. The summed E-state index contributed by atoms with van der Waals surface area (Å²) in [6.07, 6.45) is -0.0101. The minimum Gasteiger partial charge on any atom is -0.346 e. The van der Waals surface area contributed by atoms with E-state index in [4.69, 9.17) is 12.2 Å². The van der Waals surface area contributed by atoms with Gasteiger partial charge in [-0.25, -0.2) is 0 Å². The van der Waals surface area contributed by atoms with Crippen molar-refractivity contribution >= 4 is 23.0 Å². The molecule has 1 aromatic rings. The second-order valence-corrected chi connectivity index (χ2v) is 5.65. The molecule has 21 heavy (non-hydrogen) atoms. The maximum atomic E-state index is 12.7. The Morgan fingerprint density at radius 2 is 2.14 bits per heavy atom. The molecule has 6 heteroatoms. The minimum absolute atomic E-state index is 0.379. The largest absolute Gasteiger partial charge is 0.416 e. The van der Waals surface area contributed by atoms with Crippen LogP contribution in [0.2, 0.25) is 0 Å². The van der Waals surface area contributed by atoms with Gasteiger partial charge in [0.15, 0.2) is 5.11 Å². The van der Waals surface area contributed by atoms with Crippen LogP contribution in [0, 0.1) is 0 Å². The smallest absolute Gasteiger partial charge is 0.346 e. The van der Waals surface area contributed by atoms with Crippen LogP contribution in [0.4, 0.5) is 18.9 Å². The van der Waals surface area contributed by atoms with Gasteiger partial charge in [0.25, 0.3) is 0 Å². The molecular weight excluding hydrogens is 297 g/mol. The predicted molar refractivity (Wildman–Crippen MR) is 82.3 cm³/mol. The zero-order valence-corrected chi connectivity index (χ0v) is 12.7. The van der Waals surface area contributed by atoms with Gasteiger partial charge in [-0.05, 0) is 56.1 Å². The Labute approximate surface area is 128 Å². The number of likely N-dealkylation sites (tertiary alicyclic amines) is 1. The first-order valence-corrected chi connectivity index (χ1v) is 7.57. The Bertz CT molecular complexity index is 502. The molecule has 1 aromatic carbocycles. The molecule has 1 aliphatic heterocycles. The van der Waals surface area contributed by atoms with Gasteiger partial charge in [0.1, 0.15) is 0 Å². The summed E-state index contributed by atoms with van der Waals surface area (Å²) in [6, 6.07) is 5.53. The third-order valence-corrected chi connectivity index (χ3v) is 4.14. The SMILES string of the molecule is CCC1CCCCN1C(=S)Nc1cccc(C(F)(F)F)c1. The quantitative estimate of drug-likeness (QED) is 0.798. The fourth-order valence-corrected chi connectivity index (χ4v) is 3.02. The van der Waals surface area contributed by atoms with Gasteiger partial charge >= 0.3 is 6.18 Å². The summed E-state index contributed by atoms with van der Waals surface area (Å²) in [6.45, 7) is 2.97. The van der Waals surface area contributed by atoms with Crippen molar-refractivity contribution in [2.45, 2.75) is 44.8 Å². The first-order chi connectivity index (χ1) is 9.91. The number of hydrogen-bond acceptors (Lipinski definition) is 1. The highest BCUT2D eigenvalue weighted by Crippen LogP contribution is 2.31. The van der Waals surface area contributed by atoms with Gasteiger partial charge in [0.2, 0.25) is 0 Å². The first-order valence-electron chi connectivity index (χ1n) is 7.16. The van der Waals surface area contributed by atoms with Crippen LogP contribution in [0.25, 0.3) is 0 Å². The summed E-state index contributed by atoms with van der Waals surface area (Å²) < 4.78 is 38.1. The maximum absolute atomic E-state index is 12.7. The Morgan fingerprint density at radius 1 is 1.38 bits per heavy atom. The maximum Gasteiger partial charge on any atom is 0.416 e. The number of halogens is 3. The lowest BCUT2D eigenvalue weighted by Crippen LogP contribution is -2.45. The van der Waals surface area contributed by atoms with Crippen LogP contribution < -0.4 is 5.32 Å². The lowest BCUT2D eigenvalue weighted by Gasteiger charge is -2.37. The minimum atomic E-state index is -4.34. The monoisotopic (exact) mass is 316 g/mol. The van der Waals surface area contributed by atoms with Gasteiger partial charge in [-0.2, -0.15) is 13.2 Å². The van der Waals surface area contributed by atoms with E-state index in [-0.39, 0.29) is 0 Å². The highest BCUT2D eigenvalue weighted by Gasteiger charge is 2.30. The first kappa shape index (κ1) is 16.1. The van der Waals surface area contributed by atoms with Crippen LogP contribution in [0.1, 0.15) is 38.2 Å². The normalized spacial score (nSPS) is 19.4. The number of alkyl halides is 3. The second kappa shape index (κ2) is 6.64. The fourth-order valence-electron chi connectivity index (χ4n) is 2.66. The molecule has 116 valence electrons. The van der Waals surface area contributed by atoms with Crippen LogP contribution >= 0.6 is 12.2 Å². The van der Waals surface area contributed by atoms with Gasteiger partial charge in [-0.15, -0.1) is 0 Å². The zero-order chi connectivity index (χ0) is 15.5. The van der Waals surface area contributed by atoms with Crippen molar-refractivity contribution in [3.63, 3.8) is 0 Å². The third-order valence-electron chi connectivity index (χ3n) is 3.80. The van der Waals surface area contributed by atoms with Crippen LogP contribution in [0.3, 0.4) is 0 Å². The van der Waals surface area contributed by atoms with Gasteiger partial charge in [-0.1, -0.05) is 13.0 Å². The summed E-state index contributed by atoms with van der Waals surface area (Å²) in [7, 11) is 0. The van der Waals surface area contributed by atoms with Gasteiger partial charge in [0, 0.05) is 18.3 Å².